The Morgan fingerprint density at radius 2 is 2.25 bits per heavy atom. The number of fused-ring (bicyclic) bond motifs is 1. The Morgan fingerprint density at radius 1 is 1.50 bits per heavy atom. The smallest absolute Gasteiger partial charge is 0.262 e. The molecule has 2 nitrogen and oxygen atoms in total. The molecule has 12 heavy (non-hydrogen) atoms. The molecule has 0 spiro atoms. The molecule has 1 aliphatic rings. The van der Waals surface area contributed by atoms with Gasteiger partial charge in [-0.1, -0.05) is 18.2 Å². The van der Waals surface area contributed by atoms with Gasteiger partial charge in [0.25, 0.3) is 5.24 Å². The molecule has 3 heteroatoms. The molecule has 0 bridgehead atoms. The fraction of sp³-hybridized carbons (Fsp3) is 0.222. The van der Waals surface area contributed by atoms with Crippen LogP contribution in [0.2, 0.25) is 0 Å². The molecule has 0 aromatic heterocycles. The van der Waals surface area contributed by atoms with Gasteiger partial charge in [-0.05, 0) is 23.2 Å². The van der Waals surface area contributed by atoms with Crippen LogP contribution in [-0.2, 0) is 11.2 Å². The van der Waals surface area contributed by atoms with Crippen molar-refractivity contribution in [1.82, 2.24) is 0 Å². The van der Waals surface area contributed by atoms with E-state index in [0.717, 1.165) is 11.3 Å². The predicted octanol–water partition coefficient (Wildman–Crippen LogP) is 1.76. The van der Waals surface area contributed by atoms with Crippen molar-refractivity contribution in [2.24, 2.45) is 0 Å². The molecule has 1 unspecified atom stereocenters. The zero-order valence-corrected chi connectivity index (χ0v) is 7.04. The van der Waals surface area contributed by atoms with Crippen molar-refractivity contribution in [1.29, 1.82) is 0 Å². The minimum absolute atomic E-state index is 0.425. The molecule has 0 aliphatic carbocycles. The fourth-order valence-corrected chi connectivity index (χ4v) is 1.43. The van der Waals surface area contributed by atoms with Crippen LogP contribution in [0.25, 0.3) is 0 Å². The van der Waals surface area contributed by atoms with E-state index in [2.05, 4.69) is 0 Å². The number of ether oxygens (including phenoxy) is 1. The number of rotatable bonds is 1. The standard InChI is InChI=1S/C9H7ClO2/c10-9(11)8-5-6-3-1-2-4-7(6)12-8/h1-4,8H,5H2. The van der Waals surface area contributed by atoms with Crippen LogP contribution in [0.5, 0.6) is 5.75 Å². The van der Waals surface area contributed by atoms with Gasteiger partial charge in [0.1, 0.15) is 5.75 Å². The number of hydrogen-bond donors (Lipinski definition) is 0. The first-order chi connectivity index (χ1) is 5.77. The van der Waals surface area contributed by atoms with Crippen LogP contribution < -0.4 is 4.74 Å². The molecule has 0 amide bonds. The van der Waals surface area contributed by atoms with Gasteiger partial charge in [-0.25, -0.2) is 0 Å². The highest BCUT2D eigenvalue weighted by Crippen LogP contribution is 2.28. The maximum absolute atomic E-state index is 10.8. The van der Waals surface area contributed by atoms with Gasteiger partial charge in [-0.3, -0.25) is 4.79 Å². The second-order valence-electron chi connectivity index (χ2n) is 2.72. The Morgan fingerprint density at radius 3 is 2.92 bits per heavy atom. The Kier molecular flexibility index (Phi) is 1.77. The third-order valence-electron chi connectivity index (χ3n) is 1.90. The highest BCUT2D eigenvalue weighted by molar-refractivity contribution is 6.64. The Balaban J connectivity index is 2.27. The van der Waals surface area contributed by atoms with Crippen molar-refractivity contribution >= 4 is 16.8 Å². The molecule has 1 aliphatic heterocycles. The van der Waals surface area contributed by atoms with E-state index >= 15 is 0 Å². The van der Waals surface area contributed by atoms with Crippen LogP contribution in [0.3, 0.4) is 0 Å². The summed E-state index contributed by atoms with van der Waals surface area (Å²) in [6.45, 7) is 0. The summed E-state index contributed by atoms with van der Waals surface area (Å²) in [5, 5.41) is -0.425. The first-order valence-electron chi connectivity index (χ1n) is 3.71. The zero-order chi connectivity index (χ0) is 8.55. The largest absolute Gasteiger partial charge is 0.481 e. The van der Waals surface area contributed by atoms with Crippen molar-refractivity contribution in [2.75, 3.05) is 0 Å². The Hall–Kier alpha value is -1.02. The van der Waals surface area contributed by atoms with Gasteiger partial charge in [-0.15, -0.1) is 0 Å². The average molecular weight is 183 g/mol. The first-order valence-corrected chi connectivity index (χ1v) is 4.09. The zero-order valence-electron chi connectivity index (χ0n) is 6.29. The van der Waals surface area contributed by atoms with E-state index in [-0.39, 0.29) is 0 Å². The highest BCUT2D eigenvalue weighted by Gasteiger charge is 2.26. The number of para-hydroxylation sites is 1. The molecule has 1 heterocycles. The van der Waals surface area contributed by atoms with E-state index in [9.17, 15) is 4.79 Å². The Labute approximate surface area is 75.1 Å². The lowest BCUT2D eigenvalue weighted by Gasteiger charge is -2.02. The summed E-state index contributed by atoms with van der Waals surface area (Å²) in [5.41, 5.74) is 1.05. The van der Waals surface area contributed by atoms with E-state index < -0.39 is 11.3 Å². The van der Waals surface area contributed by atoms with Gasteiger partial charge in [0, 0.05) is 6.42 Å². The molecule has 1 aromatic carbocycles. The number of benzene rings is 1. The summed E-state index contributed by atoms with van der Waals surface area (Å²) >= 11 is 5.31. The van der Waals surface area contributed by atoms with E-state index in [1.54, 1.807) is 0 Å². The molecule has 0 saturated heterocycles. The van der Waals surface area contributed by atoms with Gasteiger partial charge < -0.3 is 4.74 Å². The van der Waals surface area contributed by atoms with E-state index in [0.29, 0.717) is 6.42 Å². The van der Waals surface area contributed by atoms with E-state index in [1.165, 1.54) is 0 Å². The lowest BCUT2D eigenvalue weighted by atomic mass is 10.1. The summed E-state index contributed by atoms with van der Waals surface area (Å²) in [6, 6.07) is 7.58. The van der Waals surface area contributed by atoms with Crippen molar-refractivity contribution in [3.63, 3.8) is 0 Å². The molecule has 0 fully saturated rings. The molecular weight excluding hydrogens is 176 g/mol. The SMILES string of the molecule is O=C(Cl)C1Cc2ccccc2O1. The van der Waals surface area contributed by atoms with Crippen LogP contribution in [0.15, 0.2) is 24.3 Å². The number of halogens is 1. The first kappa shape index (κ1) is 7.62. The fourth-order valence-electron chi connectivity index (χ4n) is 1.31. The van der Waals surface area contributed by atoms with Gasteiger partial charge in [0.05, 0.1) is 0 Å². The van der Waals surface area contributed by atoms with Crippen LogP contribution in [0, 0.1) is 0 Å². The molecule has 0 radical (unpaired) electrons. The van der Waals surface area contributed by atoms with Crippen molar-refractivity contribution in [3.8, 4) is 5.75 Å². The molecule has 62 valence electrons. The van der Waals surface area contributed by atoms with Gasteiger partial charge >= 0.3 is 0 Å². The van der Waals surface area contributed by atoms with Crippen LogP contribution in [0.1, 0.15) is 5.56 Å². The maximum atomic E-state index is 10.8. The third kappa shape index (κ3) is 1.18. The van der Waals surface area contributed by atoms with Crippen LogP contribution >= 0.6 is 11.6 Å². The van der Waals surface area contributed by atoms with Crippen molar-refractivity contribution in [3.05, 3.63) is 29.8 Å². The Bertz CT molecular complexity index is 297. The van der Waals surface area contributed by atoms with Gasteiger partial charge in [0.2, 0.25) is 0 Å². The quantitative estimate of drug-likeness (QED) is 0.619. The average Bonchev–Trinajstić information content (AvgIpc) is 2.46. The minimum atomic E-state index is -0.482. The lowest BCUT2D eigenvalue weighted by Crippen LogP contribution is -2.20. The predicted molar refractivity (Wildman–Crippen MR) is 45.4 cm³/mol. The minimum Gasteiger partial charge on any atom is -0.481 e. The molecule has 0 saturated carbocycles. The van der Waals surface area contributed by atoms with Gasteiger partial charge in [0.15, 0.2) is 6.10 Å². The second-order valence-corrected chi connectivity index (χ2v) is 3.09. The van der Waals surface area contributed by atoms with Crippen molar-refractivity contribution in [2.45, 2.75) is 12.5 Å². The lowest BCUT2D eigenvalue weighted by molar-refractivity contribution is -0.117. The van der Waals surface area contributed by atoms with Gasteiger partial charge in [-0.2, -0.15) is 0 Å². The normalized spacial score (nSPS) is 19.9. The summed E-state index contributed by atoms with van der Waals surface area (Å²) in [4.78, 5) is 10.8. The molecule has 2 rings (SSSR count). The molecule has 0 N–H and O–H groups in total. The third-order valence-corrected chi connectivity index (χ3v) is 2.14. The molecule has 1 atom stereocenters. The van der Waals surface area contributed by atoms with E-state index in [4.69, 9.17) is 16.3 Å². The maximum Gasteiger partial charge on any atom is 0.262 e. The summed E-state index contributed by atoms with van der Waals surface area (Å²) < 4.78 is 5.29. The van der Waals surface area contributed by atoms with E-state index in [1.807, 2.05) is 24.3 Å². The number of hydrogen-bond acceptors (Lipinski definition) is 2. The molecular formula is C9H7ClO2. The summed E-state index contributed by atoms with van der Waals surface area (Å²) in [6.07, 6.45) is 0.113. The number of carbonyl (C=O) groups excluding carboxylic acids is 1. The monoisotopic (exact) mass is 182 g/mol. The highest BCUT2D eigenvalue weighted by atomic mass is 35.5. The number of carbonyl (C=O) groups is 1. The molecule has 1 aromatic rings. The summed E-state index contributed by atoms with van der Waals surface area (Å²) in [5.74, 6) is 0.775. The van der Waals surface area contributed by atoms with Crippen molar-refractivity contribution < 1.29 is 9.53 Å². The van der Waals surface area contributed by atoms with Crippen LogP contribution in [-0.4, -0.2) is 11.3 Å². The second kappa shape index (κ2) is 2.79. The van der Waals surface area contributed by atoms with Crippen LogP contribution in [0.4, 0.5) is 0 Å². The topological polar surface area (TPSA) is 26.3 Å². The summed E-state index contributed by atoms with van der Waals surface area (Å²) in [7, 11) is 0.